The van der Waals surface area contributed by atoms with Crippen molar-refractivity contribution in [2.45, 2.75) is 18.4 Å². The summed E-state index contributed by atoms with van der Waals surface area (Å²) in [5.41, 5.74) is 3.08. The van der Waals surface area contributed by atoms with E-state index >= 15 is 0 Å². The van der Waals surface area contributed by atoms with Crippen molar-refractivity contribution >= 4 is 26.8 Å². The topological polar surface area (TPSA) is 111 Å². The molecule has 2 heterocycles. The van der Waals surface area contributed by atoms with Gasteiger partial charge in [-0.25, -0.2) is 0 Å². The number of aliphatic hydroxyl groups excluding tert-OH is 1. The molecular weight excluding hydrogens is 418 g/mol. The van der Waals surface area contributed by atoms with Gasteiger partial charge in [0.25, 0.3) is 0 Å². The zero-order chi connectivity index (χ0) is 21.8. The average Bonchev–Trinajstić information content (AvgIpc) is 3.12. The smallest absolute Gasteiger partial charge is 0.339 e. The third-order valence-corrected chi connectivity index (χ3v) is 6.50. The summed E-state index contributed by atoms with van der Waals surface area (Å²) in [6, 6.07) is 11.0. The highest BCUT2D eigenvalue weighted by Gasteiger charge is 2.33. The van der Waals surface area contributed by atoms with E-state index in [0.29, 0.717) is 27.7 Å². The van der Waals surface area contributed by atoms with Crippen LogP contribution in [-0.4, -0.2) is 40.7 Å². The number of aryl methyl sites for hydroxylation is 1. The van der Waals surface area contributed by atoms with Crippen molar-refractivity contribution in [2.24, 2.45) is 0 Å². The zero-order valence-corrected chi connectivity index (χ0v) is 17.3. The van der Waals surface area contributed by atoms with Crippen LogP contribution < -0.4 is 4.18 Å². The highest BCUT2D eigenvalue weighted by atomic mass is 32.2. The molecule has 2 aromatic carbocycles. The fourth-order valence-electron chi connectivity index (χ4n) is 3.79. The van der Waals surface area contributed by atoms with Crippen LogP contribution in [0.15, 0.2) is 59.8 Å². The first-order valence-electron chi connectivity index (χ1n) is 9.55. The Morgan fingerprint density at radius 2 is 1.84 bits per heavy atom. The zero-order valence-electron chi connectivity index (χ0n) is 16.4. The standard InChI is InChI=1S/C22H17N3O5S/c1-13-2-4-14(5-3-13)31(28,29)30-18-7-6-17-19-20(18)22(27)16-12-23-9-8-15(16)21(19)24-25(17)10-11-26/h2-9,12,26H,10-11H2,1H3. The van der Waals surface area contributed by atoms with Crippen LogP contribution in [-0.2, 0) is 16.7 Å². The van der Waals surface area contributed by atoms with Gasteiger partial charge in [0.05, 0.1) is 29.8 Å². The lowest BCUT2D eigenvalue weighted by Crippen LogP contribution is -2.15. The van der Waals surface area contributed by atoms with E-state index in [9.17, 15) is 18.3 Å². The van der Waals surface area contributed by atoms with Gasteiger partial charge >= 0.3 is 10.1 Å². The van der Waals surface area contributed by atoms with Gasteiger partial charge in [0, 0.05) is 23.3 Å². The minimum absolute atomic E-state index is 0.00748. The third-order valence-electron chi connectivity index (χ3n) is 5.25. The van der Waals surface area contributed by atoms with E-state index in [2.05, 4.69) is 10.1 Å². The lowest BCUT2D eigenvalue weighted by molar-refractivity contribution is 0.103. The number of nitrogens with zero attached hydrogens (tertiary/aromatic N) is 3. The molecule has 0 bridgehead atoms. The SMILES string of the molecule is Cc1ccc(S(=O)(=O)Oc2ccc3c4c(nn3CCO)-c3ccncc3C(=O)c24)cc1. The van der Waals surface area contributed by atoms with E-state index in [4.69, 9.17) is 4.18 Å². The first-order chi connectivity index (χ1) is 14.9. The fraction of sp³-hybridized carbons (Fsp3) is 0.136. The van der Waals surface area contributed by atoms with Gasteiger partial charge < -0.3 is 9.29 Å². The van der Waals surface area contributed by atoms with Crippen molar-refractivity contribution in [1.82, 2.24) is 14.8 Å². The van der Waals surface area contributed by atoms with Crippen molar-refractivity contribution in [1.29, 1.82) is 0 Å². The third kappa shape index (κ3) is 3.01. The Labute approximate surface area is 177 Å². The van der Waals surface area contributed by atoms with E-state index < -0.39 is 10.1 Å². The van der Waals surface area contributed by atoms with E-state index in [0.717, 1.165) is 5.56 Å². The molecule has 0 saturated heterocycles. The van der Waals surface area contributed by atoms with Crippen LogP contribution in [0.4, 0.5) is 0 Å². The van der Waals surface area contributed by atoms with Crippen molar-refractivity contribution in [3.8, 4) is 17.0 Å². The van der Waals surface area contributed by atoms with Crippen molar-refractivity contribution in [3.05, 3.63) is 71.5 Å². The molecule has 31 heavy (non-hydrogen) atoms. The molecule has 0 atom stereocenters. The molecule has 0 amide bonds. The second kappa shape index (κ2) is 7.00. The Morgan fingerprint density at radius 1 is 1.06 bits per heavy atom. The molecule has 0 saturated carbocycles. The Morgan fingerprint density at radius 3 is 2.58 bits per heavy atom. The van der Waals surface area contributed by atoms with Gasteiger partial charge in [-0.3, -0.25) is 14.5 Å². The van der Waals surface area contributed by atoms with Crippen molar-refractivity contribution < 1.29 is 22.5 Å². The molecule has 0 aliphatic heterocycles. The minimum atomic E-state index is -4.16. The Bertz CT molecular complexity index is 1460. The van der Waals surface area contributed by atoms with Crippen LogP contribution in [0.5, 0.6) is 5.75 Å². The van der Waals surface area contributed by atoms with Gasteiger partial charge in [0.15, 0.2) is 11.5 Å². The molecule has 0 spiro atoms. The first-order valence-corrected chi connectivity index (χ1v) is 11.0. The predicted molar refractivity (Wildman–Crippen MR) is 112 cm³/mol. The number of hydrogen-bond acceptors (Lipinski definition) is 7. The molecule has 0 radical (unpaired) electrons. The predicted octanol–water partition coefficient (Wildman–Crippen LogP) is 2.71. The Hall–Kier alpha value is -3.56. The molecule has 0 fully saturated rings. The molecule has 0 unspecified atom stereocenters. The number of ketones is 1. The number of benzene rings is 2. The van der Waals surface area contributed by atoms with E-state index in [1.807, 2.05) is 6.92 Å². The van der Waals surface area contributed by atoms with Crippen LogP contribution >= 0.6 is 0 Å². The number of pyridine rings is 1. The highest BCUT2D eigenvalue weighted by Crippen LogP contribution is 2.42. The summed E-state index contributed by atoms with van der Waals surface area (Å²) in [5, 5.41) is 14.5. The monoisotopic (exact) mass is 435 g/mol. The van der Waals surface area contributed by atoms with Crippen molar-refractivity contribution in [3.63, 3.8) is 0 Å². The summed E-state index contributed by atoms with van der Waals surface area (Å²) < 4.78 is 32.8. The molecule has 1 aliphatic carbocycles. The number of hydrogen-bond donors (Lipinski definition) is 1. The quantitative estimate of drug-likeness (QED) is 0.423. The summed E-state index contributed by atoms with van der Waals surface area (Å²) >= 11 is 0. The second-order valence-corrected chi connectivity index (χ2v) is 8.78. The number of aromatic nitrogens is 3. The molecule has 1 N–H and O–H groups in total. The summed E-state index contributed by atoms with van der Waals surface area (Å²) in [5.74, 6) is -0.462. The van der Waals surface area contributed by atoms with Crippen LogP contribution in [0.3, 0.4) is 0 Å². The molecule has 4 aromatic rings. The maximum absolute atomic E-state index is 13.3. The fourth-order valence-corrected chi connectivity index (χ4v) is 4.73. The highest BCUT2D eigenvalue weighted by molar-refractivity contribution is 7.87. The first kappa shape index (κ1) is 19.4. The van der Waals surface area contributed by atoms with Gasteiger partial charge in [-0.05, 0) is 37.3 Å². The van der Waals surface area contributed by atoms with Crippen LogP contribution in [0.25, 0.3) is 22.2 Å². The van der Waals surface area contributed by atoms with Crippen molar-refractivity contribution in [2.75, 3.05) is 6.61 Å². The average molecular weight is 435 g/mol. The summed E-state index contributed by atoms with van der Waals surface area (Å²) in [6.07, 6.45) is 3.00. The van der Waals surface area contributed by atoms with E-state index in [1.54, 1.807) is 35.1 Å². The normalized spacial score (nSPS) is 12.8. The Kier molecular flexibility index (Phi) is 4.38. The molecular formula is C22H17N3O5S. The lowest BCUT2D eigenvalue weighted by atomic mass is 9.88. The molecule has 5 rings (SSSR count). The number of fused-ring (bicyclic) bond motifs is 2. The van der Waals surface area contributed by atoms with Gasteiger partial charge in [-0.15, -0.1) is 0 Å². The number of aliphatic hydroxyl groups is 1. The summed E-state index contributed by atoms with van der Waals surface area (Å²) in [6.45, 7) is 1.94. The maximum Gasteiger partial charge on any atom is 0.339 e. The largest absolute Gasteiger partial charge is 0.394 e. The molecule has 156 valence electrons. The summed E-state index contributed by atoms with van der Waals surface area (Å²) in [7, 11) is -4.16. The van der Waals surface area contributed by atoms with Crippen LogP contribution in [0, 0.1) is 6.92 Å². The number of carbonyl (C=O) groups excluding carboxylic acids is 1. The number of rotatable bonds is 5. The van der Waals surface area contributed by atoms with E-state index in [-0.39, 0.29) is 35.1 Å². The van der Waals surface area contributed by atoms with Gasteiger partial charge in [0.1, 0.15) is 10.6 Å². The van der Waals surface area contributed by atoms with Gasteiger partial charge in [-0.1, -0.05) is 17.7 Å². The minimum Gasteiger partial charge on any atom is -0.394 e. The van der Waals surface area contributed by atoms with Gasteiger partial charge in [0.2, 0.25) is 0 Å². The lowest BCUT2D eigenvalue weighted by Gasteiger charge is -2.17. The van der Waals surface area contributed by atoms with Crippen LogP contribution in [0.2, 0.25) is 0 Å². The van der Waals surface area contributed by atoms with Gasteiger partial charge in [-0.2, -0.15) is 13.5 Å². The summed E-state index contributed by atoms with van der Waals surface area (Å²) in [4.78, 5) is 17.4. The maximum atomic E-state index is 13.3. The number of carbonyl (C=O) groups is 1. The molecule has 1 aliphatic rings. The second-order valence-electron chi connectivity index (χ2n) is 7.23. The van der Waals surface area contributed by atoms with E-state index in [1.165, 1.54) is 24.4 Å². The van der Waals surface area contributed by atoms with Crippen LogP contribution in [0.1, 0.15) is 21.5 Å². The molecule has 8 nitrogen and oxygen atoms in total. The Balaban J connectivity index is 1.73. The molecule has 9 heteroatoms. The molecule has 2 aromatic heterocycles.